The molecule has 7 rings (SSSR count). The molecule has 15 heteroatoms. The van der Waals surface area contributed by atoms with Crippen molar-refractivity contribution in [3.8, 4) is 5.75 Å². The third kappa shape index (κ3) is 9.73. The van der Waals surface area contributed by atoms with E-state index in [4.69, 9.17) is 4.74 Å². The molecule has 0 spiro atoms. The van der Waals surface area contributed by atoms with E-state index in [0.29, 0.717) is 46.6 Å². The molecule has 3 aliphatic rings. The molecule has 4 heterocycles. The number of ether oxygens (including phenoxy) is 1. The number of likely N-dealkylation sites (tertiary alicyclic amines) is 1. The Bertz CT molecular complexity index is 2280. The number of carbonyl (C=O) groups is 4. The fourth-order valence-corrected chi connectivity index (χ4v) is 8.93. The van der Waals surface area contributed by atoms with Gasteiger partial charge in [-0.3, -0.25) is 29.3 Å². The molecule has 14 nitrogen and oxygen atoms in total. The highest BCUT2D eigenvalue weighted by Gasteiger charge is 2.40. The average molecular weight is 882 g/mol. The number of piperidine rings is 2. The molecule has 60 heavy (non-hydrogen) atoms. The molecule has 316 valence electrons. The Morgan fingerprint density at radius 1 is 0.967 bits per heavy atom. The van der Waals surface area contributed by atoms with Crippen molar-refractivity contribution in [2.24, 2.45) is 7.05 Å². The molecule has 1 aromatic heterocycles. The minimum atomic E-state index is -0.657. The summed E-state index contributed by atoms with van der Waals surface area (Å²) in [5.74, 6) is -0.0162. The number of likely N-dealkylation sites (N-methyl/N-ethyl adjacent to an activating group) is 1. The molecule has 0 radical (unpaired) electrons. The molecule has 4 amide bonds. The van der Waals surface area contributed by atoms with Gasteiger partial charge in [0.1, 0.15) is 16.3 Å². The van der Waals surface area contributed by atoms with Crippen LogP contribution in [0, 0.1) is 0 Å². The molecule has 1 unspecified atom stereocenters. The first kappa shape index (κ1) is 42.6. The van der Waals surface area contributed by atoms with Crippen LogP contribution in [0.5, 0.6) is 5.75 Å². The summed E-state index contributed by atoms with van der Waals surface area (Å²) in [7, 11) is 7.64. The van der Waals surface area contributed by atoms with E-state index in [-0.39, 0.29) is 48.2 Å². The maximum atomic E-state index is 13.4. The Morgan fingerprint density at radius 2 is 1.73 bits per heavy atom. The zero-order valence-electron chi connectivity index (χ0n) is 34.7. The van der Waals surface area contributed by atoms with Gasteiger partial charge >= 0.3 is 0 Å². The van der Waals surface area contributed by atoms with Gasteiger partial charge in [-0.25, -0.2) is 4.68 Å². The topological polar surface area (TPSA) is 149 Å². The van der Waals surface area contributed by atoms with Gasteiger partial charge in [-0.05, 0) is 109 Å². The summed E-state index contributed by atoms with van der Waals surface area (Å²) in [6.45, 7) is 3.94. The molecule has 3 atom stereocenters. The summed E-state index contributed by atoms with van der Waals surface area (Å²) in [5.41, 5.74) is 5.99. The number of nitrogens with zero attached hydrogens (tertiary/aromatic N) is 6. The van der Waals surface area contributed by atoms with Crippen LogP contribution in [0.2, 0.25) is 0 Å². The van der Waals surface area contributed by atoms with Crippen LogP contribution in [0.1, 0.15) is 75.4 Å². The summed E-state index contributed by atoms with van der Waals surface area (Å²) in [5, 5.41) is 10.0. The average Bonchev–Trinajstić information content (AvgIpc) is 3.58. The predicted molar refractivity (Wildman–Crippen MR) is 233 cm³/mol. The van der Waals surface area contributed by atoms with E-state index in [1.807, 2.05) is 25.2 Å². The quantitative estimate of drug-likeness (QED) is 0.126. The lowest BCUT2D eigenvalue weighted by molar-refractivity contribution is -0.136. The number of carbonyl (C=O) groups excluding carboxylic acids is 4. The number of benzene rings is 3. The van der Waals surface area contributed by atoms with Crippen molar-refractivity contribution in [3.05, 3.63) is 116 Å². The standard InChI is InChI=1S/C45H53BrN8O6/c1-50-26-32(24-33(27-50)48-37-25-47-53(4)45(59)41(37)46)30-13-15-31(16-14-30)43(57)52(3)22-7-21-51(2)34-17-11-29(12-18-34)8-6-23-60-39-10-5-9-35-36(39)28-54(44(35)58)38-19-20-40(55)49-42(38)56/h5,9-18,25,32-33,38,48H,6-8,19-24,26-28H2,1-4H3,(H,49,55,56)/t32-,33+,38?/m1/s1. The van der Waals surface area contributed by atoms with E-state index in [1.165, 1.54) is 15.8 Å². The Hall–Kier alpha value is -5.54. The molecule has 4 aromatic rings. The van der Waals surface area contributed by atoms with Gasteiger partial charge < -0.3 is 29.7 Å². The van der Waals surface area contributed by atoms with E-state index >= 15 is 0 Å². The van der Waals surface area contributed by atoms with Gasteiger partial charge in [-0.1, -0.05) is 30.3 Å². The fraction of sp³-hybridized carbons (Fsp3) is 0.422. The molecule has 2 saturated heterocycles. The van der Waals surface area contributed by atoms with Crippen molar-refractivity contribution in [3.63, 3.8) is 0 Å². The van der Waals surface area contributed by atoms with Crippen molar-refractivity contribution < 1.29 is 23.9 Å². The number of imide groups is 1. The number of fused-ring (bicyclic) bond motifs is 1. The zero-order chi connectivity index (χ0) is 42.5. The highest BCUT2D eigenvalue weighted by atomic mass is 79.9. The monoisotopic (exact) mass is 880 g/mol. The van der Waals surface area contributed by atoms with Gasteiger partial charge in [0.25, 0.3) is 17.4 Å². The van der Waals surface area contributed by atoms with Crippen molar-refractivity contribution in [1.82, 2.24) is 29.8 Å². The molecule has 0 aliphatic carbocycles. The first-order valence-electron chi connectivity index (χ1n) is 20.6. The van der Waals surface area contributed by atoms with Gasteiger partial charge in [0.15, 0.2) is 0 Å². The number of rotatable bonds is 15. The minimum Gasteiger partial charge on any atom is -0.493 e. The Morgan fingerprint density at radius 3 is 2.48 bits per heavy atom. The molecule has 3 aromatic carbocycles. The largest absolute Gasteiger partial charge is 0.493 e. The molecular weight excluding hydrogens is 828 g/mol. The lowest BCUT2D eigenvalue weighted by atomic mass is 9.87. The second kappa shape index (κ2) is 18.8. The lowest BCUT2D eigenvalue weighted by Gasteiger charge is -2.37. The van der Waals surface area contributed by atoms with Crippen LogP contribution >= 0.6 is 15.9 Å². The molecule has 3 aliphatic heterocycles. The number of anilines is 2. The first-order chi connectivity index (χ1) is 28.9. The van der Waals surface area contributed by atoms with Gasteiger partial charge in [0, 0.05) is 82.2 Å². The summed E-state index contributed by atoms with van der Waals surface area (Å²) >= 11 is 3.42. The number of hydrogen-bond acceptors (Lipinski definition) is 10. The number of halogens is 1. The van der Waals surface area contributed by atoms with Gasteiger partial charge in [0.05, 0.1) is 25.0 Å². The Kier molecular flexibility index (Phi) is 13.3. The van der Waals surface area contributed by atoms with E-state index < -0.39 is 11.9 Å². The normalized spacial score (nSPS) is 19.2. The predicted octanol–water partition coefficient (Wildman–Crippen LogP) is 4.81. The Labute approximate surface area is 359 Å². The minimum absolute atomic E-state index is 0.000173. The molecule has 2 fully saturated rings. The van der Waals surface area contributed by atoms with Crippen LogP contribution in [-0.4, -0.2) is 114 Å². The van der Waals surface area contributed by atoms with Crippen LogP contribution in [0.15, 0.2) is 82.2 Å². The van der Waals surface area contributed by atoms with Gasteiger partial charge in [0.2, 0.25) is 11.8 Å². The highest BCUT2D eigenvalue weighted by molar-refractivity contribution is 9.10. The highest BCUT2D eigenvalue weighted by Crippen LogP contribution is 2.34. The first-order valence-corrected chi connectivity index (χ1v) is 21.4. The molecule has 0 bridgehead atoms. The van der Waals surface area contributed by atoms with E-state index in [1.54, 1.807) is 35.2 Å². The zero-order valence-corrected chi connectivity index (χ0v) is 36.2. The van der Waals surface area contributed by atoms with E-state index in [9.17, 15) is 24.0 Å². The maximum Gasteiger partial charge on any atom is 0.282 e. The SMILES string of the molecule is CN1C[C@@H](Nc2cnn(C)c(=O)c2Br)C[C@@H](c2ccc(C(=O)N(C)CCCN(C)c3ccc(CCCOc4cccc5c4CN(C4CCC(=O)NC4=O)C5=O)cc3)cc2)C1. The third-order valence-corrected chi connectivity index (χ3v) is 12.6. The van der Waals surface area contributed by atoms with Gasteiger partial charge in [-0.15, -0.1) is 0 Å². The Balaban J connectivity index is 0.827. The lowest BCUT2D eigenvalue weighted by Crippen LogP contribution is -2.52. The van der Waals surface area contributed by atoms with Crippen molar-refractivity contribution in [2.75, 3.05) is 64.1 Å². The van der Waals surface area contributed by atoms with Crippen LogP contribution in [0.25, 0.3) is 0 Å². The summed E-state index contributed by atoms with van der Waals surface area (Å²) in [4.78, 5) is 70.7. The number of aryl methyl sites for hydroxylation is 2. The third-order valence-electron chi connectivity index (χ3n) is 11.8. The fourth-order valence-electron chi connectivity index (χ4n) is 8.46. The van der Waals surface area contributed by atoms with Crippen molar-refractivity contribution in [2.45, 2.75) is 63.1 Å². The van der Waals surface area contributed by atoms with E-state index in [0.717, 1.165) is 56.6 Å². The molecule has 0 saturated carbocycles. The number of aromatic nitrogens is 2. The van der Waals surface area contributed by atoms with Crippen molar-refractivity contribution in [1.29, 1.82) is 0 Å². The van der Waals surface area contributed by atoms with Crippen molar-refractivity contribution >= 4 is 50.9 Å². The summed E-state index contributed by atoms with van der Waals surface area (Å²) in [6.07, 6.45) is 5.55. The summed E-state index contributed by atoms with van der Waals surface area (Å²) in [6, 6.07) is 21.4. The van der Waals surface area contributed by atoms with Gasteiger partial charge in [-0.2, -0.15) is 5.10 Å². The van der Waals surface area contributed by atoms with Crippen LogP contribution < -0.4 is 25.8 Å². The number of amides is 4. The number of nitrogens with one attached hydrogen (secondary N) is 2. The summed E-state index contributed by atoms with van der Waals surface area (Å²) < 4.78 is 7.93. The maximum absolute atomic E-state index is 13.4. The van der Waals surface area contributed by atoms with Crippen LogP contribution in [0.4, 0.5) is 11.4 Å². The van der Waals surface area contributed by atoms with Crippen LogP contribution in [0.3, 0.4) is 0 Å². The second-order valence-electron chi connectivity index (χ2n) is 16.2. The molecule has 2 N–H and O–H groups in total. The van der Waals surface area contributed by atoms with E-state index in [2.05, 4.69) is 92.0 Å². The van der Waals surface area contributed by atoms with Crippen LogP contribution in [-0.2, 0) is 29.6 Å². The molecular formula is C45H53BrN8O6. The number of hydrogen-bond donors (Lipinski definition) is 2. The second-order valence-corrected chi connectivity index (χ2v) is 17.0. The smallest absolute Gasteiger partial charge is 0.282 e.